The Balaban J connectivity index is 1.45. The number of carbonyl (C=O) groups excluding carboxylic acids is 1. The van der Waals surface area contributed by atoms with Gasteiger partial charge in [-0.3, -0.25) is 4.79 Å². The van der Waals surface area contributed by atoms with Crippen molar-refractivity contribution in [2.45, 2.75) is 31.0 Å². The summed E-state index contributed by atoms with van der Waals surface area (Å²) in [5.74, 6) is -0.876. The number of anilines is 1. The molecule has 4 rings (SSSR count). The van der Waals surface area contributed by atoms with Gasteiger partial charge in [-0.25, -0.2) is 8.78 Å². The minimum atomic E-state index is -0.761. The summed E-state index contributed by atoms with van der Waals surface area (Å²) >= 11 is 0. The molecule has 0 aliphatic carbocycles. The molecule has 0 bridgehead atoms. The number of halogens is 2. The molecular formula is C24H28F2N2O3. The number of rotatable bonds is 6. The number of ether oxygens (including phenoxy) is 2. The number of para-hydroxylation sites is 1. The lowest BCUT2D eigenvalue weighted by Crippen LogP contribution is -2.63. The Morgan fingerprint density at radius 1 is 1.06 bits per heavy atom. The number of carbonyl (C=O) groups is 1. The molecule has 2 saturated heterocycles. The average molecular weight is 430 g/mol. The van der Waals surface area contributed by atoms with Crippen LogP contribution in [0, 0.1) is 11.6 Å². The highest BCUT2D eigenvalue weighted by atomic mass is 19.1. The van der Waals surface area contributed by atoms with Gasteiger partial charge in [0.1, 0.15) is 11.6 Å². The van der Waals surface area contributed by atoms with Gasteiger partial charge in [0.2, 0.25) is 0 Å². The van der Waals surface area contributed by atoms with Crippen LogP contribution in [0.1, 0.15) is 18.4 Å². The first-order chi connectivity index (χ1) is 15.0. The third-order valence-electron chi connectivity index (χ3n) is 6.26. The zero-order valence-corrected chi connectivity index (χ0v) is 17.7. The van der Waals surface area contributed by atoms with Gasteiger partial charge in [0.05, 0.1) is 24.4 Å². The number of benzene rings is 2. The Hall–Kier alpha value is -2.35. The minimum Gasteiger partial charge on any atom is -0.381 e. The first kappa shape index (κ1) is 21.9. The van der Waals surface area contributed by atoms with Crippen LogP contribution in [0.2, 0.25) is 0 Å². The van der Waals surface area contributed by atoms with E-state index >= 15 is 0 Å². The predicted molar refractivity (Wildman–Crippen MR) is 114 cm³/mol. The van der Waals surface area contributed by atoms with Gasteiger partial charge in [0.15, 0.2) is 6.10 Å². The van der Waals surface area contributed by atoms with E-state index in [9.17, 15) is 13.6 Å². The average Bonchev–Trinajstić information content (AvgIpc) is 2.77. The molecule has 2 aliphatic heterocycles. The van der Waals surface area contributed by atoms with Gasteiger partial charge in [-0.05, 0) is 43.0 Å². The molecule has 0 radical (unpaired) electrons. The van der Waals surface area contributed by atoms with Gasteiger partial charge < -0.3 is 19.3 Å². The second kappa shape index (κ2) is 9.42. The Bertz CT molecular complexity index is 915. The summed E-state index contributed by atoms with van der Waals surface area (Å²) in [6, 6.07) is 13.2. The second-order valence-corrected chi connectivity index (χ2v) is 8.30. The molecule has 7 heteroatoms. The second-order valence-electron chi connectivity index (χ2n) is 8.30. The van der Waals surface area contributed by atoms with Crippen LogP contribution in [0.4, 0.5) is 14.5 Å². The normalized spacial score (nSPS) is 21.6. The number of methoxy groups -OCH3 is 1. The fraction of sp³-hybridized carbons (Fsp3) is 0.458. The maximum atomic E-state index is 14.5. The summed E-state index contributed by atoms with van der Waals surface area (Å²) < 4.78 is 39.8. The Morgan fingerprint density at radius 3 is 2.42 bits per heavy atom. The van der Waals surface area contributed by atoms with Crippen molar-refractivity contribution in [2.75, 3.05) is 44.8 Å². The van der Waals surface area contributed by atoms with E-state index in [1.165, 1.54) is 24.1 Å². The number of piperidine rings is 1. The van der Waals surface area contributed by atoms with Crippen LogP contribution in [0.3, 0.4) is 0 Å². The number of hydrogen-bond donors (Lipinski definition) is 0. The van der Waals surface area contributed by atoms with Crippen molar-refractivity contribution >= 4 is 11.6 Å². The largest absolute Gasteiger partial charge is 0.381 e. The van der Waals surface area contributed by atoms with Crippen LogP contribution in [-0.2, 0) is 20.7 Å². The molecule has 2 aromatic rings. The molecule has 2 heterocycles. The zero-order chi connectivity index (χ0) is 21.8. The molecule has 1 amide bonds. The Labute approximate surface area is 181 Å². The van der Waals surface area contributed by atoms with E-state index in [0.29, 0.717) is 31.4 Å². The summed E-state index contributed by atoms with van der Waals surface area (Å²) in [6.45, 7) is 2.74. The van der Waals surface area contributed by atoms with E-state index in [4.69, 9.17) is 9.47 Å². The highest BCUT2D eigenvalue weighted by molar-refractivity contribution is 5.97. The highest BCUT2D eigenvalue weighted by Crippen LogP contribution is 2.36. The molecule has 0 aromatic heterocycles. The lowest BCUT2D eigenvalue weighted by molar-refractivity contribution is -0.172. The first-order valence-electron chi connectivity index (χ1n) is 10.7. The van der Waals surface area contributed by atoms with Crippen molar-refractivity contribution in [3.63, 3.8) is 0 Å². The van der Waals surface area contributed by atoms with Crippen LogP contribution in [-0.4, -0.2) is 62.4 Å². The molecule has 5 nitrogen and oxygen atoms in total. The molecule has 1 unspecified atom stereocenters. The SMILES string of the molecule is COCC1OC2(CCN(CCc3ccccc3F)CC2)CN(c2ccccc2F)C1=O. The number of nitrogens with zero attached hydrogens (tertiary/aromatic N) is 2. The molecule has 31 heavy (non-hydrogen) atoms. The maximum Gasteiger partial charge on any atom is 0.258 e. The third-order valence-corrected chi connectivity index (χ3v) is 6.26. The zero-order valence-electron chi connectivity index (χ0n) is 17.7. The molecular weight excluding hydrogens is 402 g/mol. The quantitative estimate of drug-likeness (QED) is 0.704. The molecule has 2 aliphatic rings. The number of likely N-dealkylation sites (tertiary alicyclic amines) is 1. The first-order valence-corrected chi connectivity index (χ1v) is 10.7. The van der Waals surface area contributed by atoms with Gasteiger partial charge >= 0.3 is 0 Å². The molecule has 0 saturated carbocycles. The lowest BCUT2D eigenvalue weighted by atomic mass is 9.88. The molecule has 1 spiro atoms. The van der Waals surface area contributed by atoms with Crippen LogP contribution >= 0.6 is 0 Å². The molecule has 2 aromatic carbocycles. The van der Waals surface area contributed by atoms with E-state index in [-0.39, 0.29) is 24.0 Å². The monoisotopic (exact) mass is 430 g/mol. The molecule has 166 valence electrons. The van der Waals surface area contributed by atoms with Crippen molar-refractivity contribution in [1.82, 2.24) is 4.90 Å². The summed E-state index contributed by atoms with van der Waals surface area (Å²) in [7, 11) is 1.52. The summed E-state index contributed by atoms with van der Waals surface area (Å²) in [5, 5.41) is 0. The van der Waals surface area contributed by atoms with Crippen LogP contribution < -0.4 is 4.90 Å². The summed E-state index contributed by atoms with van der Waals surface area (Å²) in [6.07, 6.45) is 1.31. The van der Waals surface area contributed by atoms with Crippen LogP contribution in [0.15, 0.2) is 48.5 Å². The van der Waals surface area contributed by atoms with Crippen molar-refractivity contribution in [1.29, 1.82) is 0 Å². The summed E-state index contributed by atoms with van der Waals surface area (Å²) in [4.78, 5) is 16.8. The van der Waals surface area contributed by atoms with Gasteiger partial charge in [0.25, 0.3) is 5.91 Å². The van der Waals surface area contributed by atoms with Gasteiger partial charge in [-0.1, -0.05) is 30.3 Å². The fourth-order valence-electron chi connectivity index (χ4n) is 4.50. The molecule has 1 atom stereocenters. The van der Waals surface area contributed by atoms with Crippen molar-refractivity contribution in [3.8, 4) is 0 Å². The number of morpholine rings is 1. The van der Waals surface area contributed by atoms with Crippen LogP contribution in [0.5, 0.6) is 0 Å². The standard InChI is InChI=1S/C24H28F2N2O3/c1-30-16-22-23(29)28(21-9-5-4-8-20(21)26)17-24(31-22)11-14-27(15-12-24)13-10-18-6-2-3-7-19(18)25/h2-9,22H,10-17H2,1H3. The van der Waals surface area contributed by atoms with E-state index in [0.717, 1.165) is 19.6 Å². The van der Waals surface area contributed by atoms with Crippen molar-refractivity contribution in [2.24, 2.45) is 0 Å². The lowest BCUT2D eigenvalue weighted by Gasteiger charge is -2.49. The Morgan fingerprint density at radius 2 is 1.74 bits per heavy atom. The van der Waals surface area contributed by atoms with Gasteiger partial charge in [0, 0.05) is 26.7 Å². The Kier molecular flexibility index (Phi) is 6.65. The minimum absolute atomic E-state index is 0.128. The smallest absolute Gasteiger partial charge is 0.258 e. The topological polar surface area (TPSA) is 42.0 Å². The number of hydrogen-bond acceptors (Lipinski definition) is 4. The summed E-state index contributed by atoms with van der Waals surface area (Å²) in [5.41, 5.74) is 0.444. The molecule has 0 N–H and O–H groups in total. The van der Waals surface area contributed by atoms with E-state index < -0.39 is 17.5 Å². The van der Waals surface area contributed by atoms with Crippen LogP contribution in [0.25, 0.3) is 0 Å². The number of amides is 1. The fourth-order valence-corrected chi connectivity index (χ4v) is 4.50. The van der Waals surface area contributed by atoms with Crippen molar-refractivity contribution < 1.29 is 23.0 Å². The van der Waals surface area contributed by atoms with Gasteiger partial charge in [-0.15, -0.1) is 0 Å². The van der Waals surface area contributed by atoms with Crippen molar-refractivity contribution in [3.05, 3.63) is 65.7 Å². The highest BCUT2D eigenvalue weighted by Gasteiger charge is 2.47. The maximum absolute atomic E-state index is 14.5. The van der Waals surface area contributed by atoms with Gasteiger partial charge in [-0.2, -0.15) is 0 Å². The predicted octanol–water partition coefficient (Wildman–Crippen LogP) is 3.42. The van der Waals surface area contributed by atoms with E-state index in [2.05, 4.69) is 4.90 Å². The molecule has 2 fully saturated rings. The van der Waals surface area contributed by atoms with E-state index in [1.54, 1.807) is 24.3 Å². The third kappa shape index (κ3) is 4.79. The van der Waals surface area contributed by atoms with E-state index in [1.807, 2.05) is 12.1 Å².